The summed E-state index contributed by atoms with van der Waals surface area (Å²) in [5.41, 5.74) is 2.29. The summed E-state index contributed by atoms with van der Waals surface area (Å²) in [5.74, 6) is -1.22. The maximum Gasteiger partial charge on any atom is 0.412 e. The van der Waals surface area contributed by atoms with Crippen LogP contribution in [0.2, 0.25) is 0 Å². The molecule has 32 heavy (non-hydrogen) atoms. The smallest absolute Gasteiger partial charge is 0.412 e. The third kappa shape index (κ3) is 5.88. The minimum Gasteiger partial charge on any atom is -0.505 e. The number of carbonyl (C=O) groups is 2. The Morgan fingerprint density at radius 1 is 1.22 bits per heavy atom. The molecule has 1 aliphatic heterocycles. The molecular weight excluding hydrogens is 423 g/mol. The Hall–Kier alpha value is -3.79. The van der Waals surface area contributed by atoms with Crippen molar-refractivity contribution in [3.05, 3.63) is 59.9 Å². The number of aromatic hydroxyl groups is 1. The minimum atomic E-state index is -0.834. The summed E-state index contributed by atoms with van der Waals surface area (Å²) in [7, 11) is 0. The molecule has 1 aliphatic rings. The summed E-state index contributed by atoms with van der Waals surface area (Å²) in [6, 6.07) is 8.66. The highest BCUT2D eigenvalue weighted by Crippen LogP contribution is 2.35. The minimum absolute atomic E-state index is 0.101. The van der Waals surface area contributed by atoms with Gasteiger partial charge >= 0.3 is 6.09 Å². The molecule has 0 radical (unpaired) electrons. The van der Waals surface area contributed by atoms with Crippen LogP contribution in [0.3, 0.4) is 0 Å². The van der Waals surface area contributed by atoms with Crippen LogP contribution >= 0.6 is 0 Å². The summed E-state index contributed by atoms with van der Waals surface area (Å²) in [5, 5.41) is 20.6. The van der Waals surface area contributed by atoms with Gasteiger partial charge in [-0.3, -0.25) is 15.3 Å². The predicted molar refractivity (Wildman–Crippen MR) is 111 cm³/mol. The fraction of sp³-hybridized carbons (Fsp3) is 0.273. The van der Waals surface area contributed by atoms with Crippen LogP contribution in [0.1, 0.15) is 31.4 Å². The van der Waals surface area contributed by atoms with Crippen molar-refractivity contribution in [3.63, 3.8) is 0 Å². The van der Waals surface area contributed by atoms with Gasteiger partial charge in [-0.1, -0.05) is 19.1 Å². The van der Waals surface area contributed by atoms with E-state index in [1.165, 1.54) is 23.7 Å². The Bertz CT molecular complexity index is 1010. The quantitative estimate of drug-likeness (QED) is 0.274. The van der Waals surface area contributed by atoms with Gasteiger partial charge in [0.05, 0.1) is 0 Å². The summed E-state index contributed by atoms with van der Waals surface area (Å²) < 4.78 is 30.1. The normalized spacial score (nSPS) is 14.1. The van der Waals surface area contributed by atoms with Crippen molar-refractivity contribution in [3.8, 4) is 17.2 Å². The van der Waals surface area contributed by atoms with Crippen molar-refractivity contribution in [2.45, 2.75) is 25.9 Å². The molecule has 1 heterocycles. The van der Waals surface area contributed by atoms with Gasteiger partial charge < -0.3 is 19.3 Å². The number of amides is 2. The molecule has 2 atom stereocenters. The van der Waals surface area contributed by atoms with E-state index in [9.17, 15) is 19.1 Å². The van der Waals surface area contributed by atoms with Crippen molar-refractivity contribution in [1.82, 2.24) is 5.48 Å². The van der Waals surface area contributed by atoms with Crippen molar-refractivity contribution >= 4 is 17.7 Å². The number of fused-ring (bicyclic) bond motifs is 1. The number of halogens is 1. The number of ether oxygens (including phenoxy) is 3. The van der Waals surface area contributed by atoms with Gasteiger partial charge in [-0.2, -0.15) is 0 Å². The molecule has 0 bridgehead atoms. The van der Waals surface area contributed by atoms with Crippen LogP contribution in [0.4, 0.5) is 14.9 Å². The van der Waals surface area contributed by atoms with Crippen molar-refractivity contribution in [2.75, 3.05) is 12.1 Å². The SMILES string of the molecule is C[C@@H](CC/C=C/C(=O)NO)[C@H](OC(=O)Nc1ccc2c(c1)OCO2)c1ccc(O)c(F)c1. The fourth-order valence-corrected chi connectivity index (χ4v) is 3.19. The van der Waals surface area contributed by atoms with Crippen LogP contribution < -0.4 is 20.3 Å². The van der Waals surface area contributed by atoms with Gasteiger partial charge in [0, 0.05) is 17.8 Å². The average molecular weight is 446 g/mol. The van der Waals surface area contributed by atoms with E-state index in [1.54, 1.807) is 24.3 Å². The van der Waals surface area contributed by atoms with E-state index in [4.69, 9.17) is 19.4 Å². The Labute approximate surface area is 183 Å². The average Bonchev–Trinajstić information content (AvgIpc) is 3.24. The fourth-order valence-electron chi connectivity index (χ4n) is 3.19. The lowest BCUT2D eigenvalue weighted by molar-refractivity contribution is -0.124. The molecule has 0 unspecified atom stereocenters. The molecule has 2 aromatic carbocycles. The molecule has 0 aromatic heterocycles. The number of nitrogens with one attached hydrogen (secondary N) is 2. The van der Waals surface area contributed by atoms with E-state index in [1.807, 2.05) is 6.92 Å². The third-order valence-electron chi connectivity index (χ3n) is 4.84. The number of hydrogen-bond donors (Lipinski definition) is 4. The van der Waals surface area contributed by atoms with E-state index >= 15 is 0 Å². The zero-order valence-electron chi connectivity index (χ0n) is 17.2. The van der Waals surface area contributed by atoms with Crippen LogP contribution in [-0.4, -0.2) is 29.1 Å². The van der Waals surface area contributed by atoms with Gasteiger partial charge in [0.1, 0.15) is 6.10 Å². The van der Waals surface area contributed by atoms with Gasteiger partial charge in [0.15, 0.2) is 23.1 Å². The van der Waals surface area contributed by atoms with Crippen LogP contribution in [0.25, 0.3) is 0 Å². The highest BCUT2D eigenvalue weighted by Gasteiger charge is 2.25. The van der Waals surface area contributed by atoms with Gasteiger partial charge in [-0.25, -0.2) is 14.7 Å². The van der Waals surface area contributed by atoms with E-state index < -0.39 is 29.7 Å². The van der Waals surface area contributed by atoms with Gasteiger partial charge in [0.25, 0.3) is 5.91 Å². The van der Waals surface area contributed by atoms with Crippen LogP contribution in [0.15, 0.2) is 48.6 Å². The Balaban J connectivity index is 1.71. The Kier molecular flexibility index (Phi) is 7.50. The molecular formula is C22H23FN2O7. The largest absolute Gasteiger partial charge is 0.505 e. The topological polar surface area (TPSA) is 126 Å². The van der Waals surface area contributed by atoms with Crippen LogP contribution in [-0.2, 0) is 9.53 Å². The molecule has 3 rings (SSSR count). The lowest BCUT2D eigenvalue weighted by Crippen LogP contribution is -2.22. The second-order valence-electron chi connectivity index (χ2n) is 7.16. The van der Waals surface area contributed by atoms with E-state index in [0.29, 0.717) is 35.6 Å². The number of rotatable bonds is 8. The van der Waals surface area contributed by atoms with Crippen molar-refractivity contribution in [2.24, 2.45) is 5.92 Å². The van der Waals surface area contributed by atoms with Gasteiger partial charge in [-0.05, 0) is 48.6 Å². The Morgan fingerprint density at radius 2 is 2.00 bits per heavy atom. The number of carbonyl (C=O) groups excluding carboxylic acids is 2. The molecule has 0 saturated carbocycles. The molecule has 2 aromatic rings. The molecule has 0 fully saturated rings. The molecule has 2 amide bonds. The molecule has 0 saturated heterocycles. The number of phenolic OH excluding ortho intramolecular Hbond substituents is 1. The summed E-state index contributed by atoms with van der Waals surface area (Å²) in [4.78, 5) is 23.6. The molecule has 0 aliphatic carbocycles. The van der Waals surface area contributed by atoms with E-state index in [0.717, 1.165) is 6.07 Å². The lowest BCUT2D eigenvalue weighted by atomic mass is 9.93. The first-order chi connectivity index (χ1) is 15.4. The van der Waals surface area contributed by atoms with Gasteiger partial charge in [0.2, 0.25) is 6.79 Å². The predicted octanol–water partition coefficient (Wildman–Crippen LogP) is 4.03. The maximum absolute atomic E-state index is 13.9. The van der Waals surface area contributed by atoms with Crippen molar-refractivity contribution in [1.29, 1.82) is 0 Å². The zero-order valence-corrected chi connectivity index (χ0v) is 17.2. The van der Waals surface area contributed by atoms with Crippen LogP contribution in [0.5, 0.6) is 17.2 Å². The number of benzene rings is 2. The first kappa shape index (κ1) is 22.9. The Morgan fingerprint density at radius 3 is 2.75 bits per heavy atom. The maximum atomic E-state index is 13.9. The van der Waals surface area contributed by atoms with Crippen LogP contribution in [0, 0.1) is 11.7 Å². The highest BCUT2D eigenvalue weighted by atomic mass is 19.1. The number of allylic oxidation sites excluding steroid dienone is 1. The number of hydrogen-bond acceptors (Lipinski definition) is 7. The van der Waals surface area contributed by atoms with E-state index in [2.05, 4.69) is 5.32 Å². The highest BCUT2D eigenvalue weighted by molar-refractivity contribution is 5.86. The number of hydroxylamine groups is 1. The zero-order chi connectivity index (χ0) is 23.1. The number of anilines is 1. The lowest BCUT2D eigenvalue weighted by Gasteiger charge is -2.25. The molecule has 9 nitrogen and oxygen atoms in total. The monoisotopic (exact) mass is 446 g/mol. The summed E-state index contributed by atoms with van der Waals surface area (Å²) >= 11 is 0. The standard InChI is InChI=1S/C22H23FN2O7/c1-13(4-2-3-5-20(27)25-29)21(14-6-8-17(26)16(23)10-14)32-22(28)24-15-7-9-18-19(11-15)31-12-30-18/h3,5-11,13,21,26,29H,2,4,12H2,1H3,(H,24,28)(H,25,27)/b5-3+/t13-,21-/m0/s1. The van der Waals surface area contributed by atoms with Gasteiger partial charge in [-0.15, -0.1) is 0 Å². The summed E-state index contributed by atoms with van der Waals surface area (Å²) in [6.07, 6.45) is 2.07. The summed E-state index contributed by atoms with van der Waals surface area (Å²) in [6.45, 7) is 1.91. The molecule has 10 heteroatoms. The van der Waals surface area contributed by atoms with E-state index in [-0.39, 0.29) is 12.7 Å². The second-order valence-corrected chi connectivity index (χ2v) is 7.16. The van der Waals surface area contributed by atoms with Crippen molar-refractivity contribution < 1.29 is 38.5 Å². The first-order valence-corrected chi connectivity index (χ1v) is 9.83. The number of phenols is 1. The first-order valence-electron chi connectivity index (χ1n) is 9.83. The molecule has 0 spiro atoms. The molecule has 170 valence electrons. The second kappa shape index (κ2) is 10.5. The molecule has 4 N–H and O–H groups in total. The third-order valence-corrected chi connectivity index (χ3v) is 4.84.